The second kappa shape index (κ2) is 8.16. The first-order valence-corrected chi connectivity index (χ1v) is 9.29. The molecule has 3 aromatic carbocycles. The summed E-state index contributed by atoms with van der Waals surface area (Å²) in [6.07, 6.45) is 0. The third kappa shape index (κ3) is 3.91. The van der Waals surface area contributed by atoms with Crippen molar-refractivity contribution in [3.8, 4) is 5.69 Å². The Labute approximate surface area is 171 Å². The smallest absolute Gasteiger partial charge is 0.338 e. The van der Waals surface area contributed by atoms with Gasteiger partial charge in [-0.25, -0.2) is 14.2 Å². The van der Waals surface area contributed by atoms with Crippen LogP contribution in [0.3, 0.4) is 0 Å². The van der Waals surface area contributed by atoms with Crippen molar-refractivity contribution in [2.24, 2.45) is 0 Å². The second-order valence-corrected chi connectivity index (χ2v) is 6.64. The van der Waals surface area contributed by atoms with E-state index in [9.17, 15) is 14.0 Å². The van der Waals surface area contributed by atoms with Crippen LogP contribution in [-0.4, -0.2) is 28.0 Å². The highest BCUT2D eigenvalue weighted by molar-refractivity contribution is 5.97. The Morgan fingerprint density at radius 3 is 2.53 bits per heavy atom. The highest BCUT2D eigenvalue weighted by atomic mass is 19.1. The molecule has 0 saturated heterocycles. The zero-order valence-corrected chi connectivity index (χ0v) is 16.1. The number of carbonyl (C=O) groups excluding carboxylic acids is 2. The Balaban J connectivity index is 1.48. The third-order valence-corrected chi connectivity index (χ3v) is 4.55. The number of aromatic nitrogens is 2. The topological polar surface area (TPSA) is 73.2 Å². The number of nitrogens with one attached hydrogen (secondary N) is 1. The molecule has 1 aromatic heterocycles. The van der Waals surface area contributed by atoms with E-state index >= 15 is 0 Å². The molecule has 30 heavy (non-hydrogen) atoms. The van der Waals surface area contributed by atoms with Gasteiger partial charge >= 0.3 is 5.97 Å². The summed E-state index contributed by atoms with van der Waals surface area (Å²) in [5.74, 6) is -1.07. The molecule has 4 aromatic rings. The summed E-state index contributed by atoms with van der Waals surface area (Å²) in [6, 6.07) is 20.6. The molecule has 0 radical (unpaired) electrons. The van der Waals surface area contributed by atoms with Crippen molar-refractivity contribution in [1.82, 2.24) is 9.55 Å². The van der Waals surface area contributed by atoms with Crippen LogP contribution in [-0.2, 0) is 9.53 Å². The Bertz CT molecular complexity index is 1240. The second-order valence-electron chi connectivity index (χ2n) is 6.64. The monoisotopic (exact) mass is 403 g/mol. The van der Waals surface area contributed by atoms with Gasteiger partial charge in [-0.1, -0.05) is 30.3 Å². The molecule has 0 atom stereocenters. The number of rotatable bonds is 5. The lowest BCUT2D eigenvalue weighted by atomic mass is 10.2. The molecular weight excluding hydrogens is 385 g/mol. The molecule has 0 saturated carbocycles. The first-order chi connectivity index (χ1) is 14.5. The molecule has 1 amide bonds. The Hall–Kier alpha value is -4.00. The van der Waals surface area contributed by atoms with Gasteiger partial charge in [-0.2, -0.15) is 0 Å². The van der Waals surface area contributed by atoms with Gasteiger partial charge in [-0.3, -0.25) is 9.36 Å². The maximum absolute atomic E-state index is 13.6. The molecule has 4 rings (SSSR count). The molecule has 6 nitrogen and oxygen atoms in total. The zero-order valence-electron chi connectivity index (χ0n) is 16.1. The van der Waals surface area contributed by atoms with Crippen LogP contribution in [0, 0.1) is 12.7 Å². The zero-order chi connectivity index (χ0) is 21.1. The van der Waals surface area contributed by atoms with Gasteiger partial charge in [0.05, 0.1) is 22.3 Å². The van der Waals surface area contributed by atoms with Crippen LogP contribution < -0.4 is 5.32 Å². The standard InChI is InChI=1S/C23H18FN3O3/c1-15-25-20-13-16(11-12-21(20)27(15)17-7-3-2-4-8-17)23(29)30-14-22(28)26-19-10-6-5-9-18(19)24/h2-13H,14H2,1H3,(H,26,28). The number of amides is 1. The van der Waals surface area contributed by atoms with Crippen LogP contribution in [0.15, 0.2) is 72.8 Å². The Kier molecular flexibility index (Phi) is 5.26. The highest BCUT2D eigenvalue weighted by Gasteiger charge is 2.15. The lowest BCUT2D eigenvalue weighted by Gasteiger charge is -2.08. The largest absolute Gasteiger partial charge is 0.452 e. The number of carbonyl (C=O) groups is 2. The van der Waals surface area contributed by atoms with Crippen LogP contribution in [0.25, 0.3) is 16.7 Å². The Morgan fingerprint density at radius 2 is 1.77 bits per heavy atom. The summed E-state index contributed by atoms with van der Waals surface area (Å²) in [6.45, 7) is 1.36. The van der Waals surface area contributed by atoms with Crippen LogP contribution in [0.2, 0.25) is 0 Å². The molecule has 0 aliphatic rings. The van der Waals surface area contributed by atoms with Crippen LogP contribution in [0.4, 0.5) is 10.1 Å². The van der Waals surface area contributed by atoms with E-state index in [1.165, 1.54) is 18.2 Å². The van der Waals surface area contributed by atoms with Crippen molar-refractivity contribution in [2.75, 3.05) is 11.9 Å². The molecule has 1 N–H and O–H groups in total. The predicted molar refractivity (Wildman–Crippen MR) is 111 cm³/mol. The number of nitrogens with zero attached hydrogens (tertiary/aromatic N) is 2. The molecular formula is C23H18FN3O3. The fourth-order valence-corrected chi connectivity index (χ4v) is 3.19. The number of para-hydroxylation sites is 2. The van der Waals surface area contributed by atoms with E-state index in [1.807, 2.05) is 41.8 Å². The number of benzene rings is 3. The van der Waals surface area contributed by atoms with Gasteiger partial charge in [0.15, 0.2) is 6.61 Å². The van der Waals surface area contributed by atoms with Gasteiger partial charge in [0.1, 0.15) is 11.6 Å². The number of anilines is 1. The number of imidazole rings is 1. The number of esters is 1. The molecule has 0 aliphatic carbocycles. The van der Waals surface area contributed by atoms with Crippen molar-refractivity contribution >= 4 is 28.6 Å². The van der Waals surface area contributed by atoms with Gasteiger partial charge in [-0.05, 0) is 49.4 Å². The third-order valence-electron chi connectivity index (χ3n) is 4.55. The number of aryl methyl sites for hydroxylation is 1. The molecule has 150 valence electrons. The first-order valence-electron chi connectivity index (χ1n) is 9.29. The van der Waals surface area contributed by atoms with Crippen molar-refractivity contribution < 1.29 is 18.7 Å². The van der Waals surface area contributed by atoms with E-state index in [2.05, 4.69) is 10.3 Å². The van der Waals surface area contributed by atoms with E-state index < -0.39 is 24.3 Å². The quantitative estimate of drug-likeness (QED) is 0.505. The van der Waals surface area contributed by atoms with Gasteiger partial charge in [-0.15, -0.1) is 0 Å². The molecule has 7 heteroatoms. The van der Waals surface area contributed by atoms with E-state index in [-0.39, 0.29) is 11.3 Å². The minimum atomic E-state index is -0.660. The number of fused-ring (bicyclic) bond motifs is 1. The minimum absolute atomic E-state index is 0.0295. The maximum Gasteiger partial charge on any atom is 0.338 e. The van der Waals surface area contributed by atoms with E-state index in [0.717, 1.165) is 17.0 Å². The average molecular weight is 403 g/mol. The highest BCUT2D eigenvalue weighted by Crippen LogP contribution is 2.22. The molecule has 0 aliphatic heterocycles. The molecule has 0 unspecified atom stereocenters. The number of hydrogen-bond donors (Lipinski definition) is 1. The fraction of sp³-hybridized carbons (Fsp3) is 0.0870. The van der Waals surface area contributed by atoms with Gasteiger partial charge in [0, 0.05) is 5.69 Å². The van der Waals surface area contributed by atoms with E-state index in [1.54, 1.807) is 24.3 Å². The van der Waals surface area contributed by atoms with Crippen molar-refractivity contribution in [2.45, 2.75) is 6.92 Å². The first kappa shape index (κ1) is 19.3. The number of ether oxygens (including phenoxy) is 1. The number of hydrogen-bond acceptors (Lipinski definition) is 4. The van der Waals surface area contributed by atoms with Crippen LogP contribution >= 0.6 is 0 Å². The summed E-state index contributed by atoms with van der Waals surface area (Å²) < 4.78 is 20.6. The predicted octanol–water partition coefficient (Wildman–Crippen LogP) is 4.27. The lowest BCUT2D eigenvalue weighted by Crippen LogP contribution is -2.21. The van der Waals surface area contributed by atoms with Crippen LogP contribution in [0.1, 0.15) is 16.2 Å². The maximum atomic E-state index is 13.6. The van der Waals surface area contributed by atoms with Gasteiger partial charge < -0.3 is 10.1 Å². The Morgan fingerprint density at radius 1 is 1.03 bits per heavy atom. The fourth-order valence-electron chi connectivity index (χ4n) is 3.19. The molecule has 0 fully saturated rings. The molecule has 0 spiro atoms. The summed E-state index contributed by atoms with van der Waals surface area (Å²) in [5.41, 5.74) is 2.77. The van der Waals surface area contributed by atoms with Gasteiger partial charge in [0.2, 0.25) is 0 Å². The van der Waals surface area contributed by atoms with Crippen molar-refractivity contribution in [1.29, 1.82) is 0 Å². The minimum Gasteiger partial charge on any atom is -0.452 e. The molecule has 0 bridgehead atoms. The lowest BCUT2D eigenvalue weighted by molar-refractivity contribution is -0.119. The summed E-state index contributed by atoms with van der Waals surface area (Å²) >= 11 is 0. The summed E-state index contributed by atoms with van der Waals surface area (Å²) in [5, 5.41) is 2.37. The van der Waals surface area contributed by atoms with E-state index in [0.29, 0.717) is 5.52 Å². The van der Waals surface area contributed by atoms with Gasteiger partial charge in [0.25, 0.3) is 5.91 Å². The summed E-state index contributed by atoms with van der Waals surface area (Å²) in [7, 11) is 0. The SMILES string of the molecule is Cc1nc2cc(C(=O)OCC(=O)Nc3ccccc3F)ccc2n1-c1ccccc1. The normalized spacial score (nSPS) is 10.7. The van der Waals surface area contributed by atoms with E-state index in [4.69, 9.17) is 4.74 Å². The van der Waals surface area contributed by atoms with Crippen LogP contribution in [0.5, 0.6) is 0 Å². The molecule has 1 heterocycles. The number of halogens is 1. The summed E-state index contributed by atoms with van der Waals surface area (Å²) in [4.78, 5) is 28.8. The van der Waals surface area contributed by atoms with Crippen molar-refractivity contribution in [3.63, 3.8) is 0 Å². The van der Waals surface area contributed by atoms with Crippen molar-refractivity contribution in [3.05, 3.63) is 90.0 Å². The average Bonchev–Trinajstić information content (AvgIpc) is 3.09.